The number of pyridine rings is 1. The average Bonchev–Trinajstić information content (AvgIpc) is 3.45. The van der Waals surface area contributed by atoms with Crippen LogP contribution in [0.2, 0.25) is 0 Å². The van der Waals surface area contributed by atoms with Crippen molar-refractivity contribution in [2.45, 2.75) is 46.1 Å². The summed E-state index contributed by atoms with van der Waals surface area (Å²) in [6.45, 7) is 8.78. The zero-order chi connectivity index (χ0) is 17.7. The van der Waals surface area contributed by atoms with Gasteiger partial charge in [-0.3, -0.25) is 0 Å². The highest BCUT2D eigenvalue weighted by Gasteiger charge is 2.20. The van der Waals surface area contributed by atoms with E-state index in [2.05, 4.69) is 34.5 Å². The monoisotopic (exact) mass is 476 g/mol. The van der Waals surface area contributed by atoms with Gasteiger partial charge < -0.3 is 20.1 Å². The number of aliphatic imine (C=N–C) groups is 1. The Balaban J connectivity index is 0.00000338. The molecular weight excluding hydrogens is 443 g/mol. The van der Waals surface area contributed by atoms with Crippen molar-refractivity contribution in [2.24, 2.45) is 10.9 Å². The van der Waals surface area contributed by atoms with Crippen molar-refractivity contribution in [3.05, 3.63) is 23.9 Å². The molecule has 0 radical (unpaired) electrons. The molecule has 1 aromatic heterocycles. The number of ether oxygens (including phenoxy) is 2. The number of aromatic nitrogens is 1. The second-order valence-corrected chi connectivity index (χ2v) is 6.31. The summed E-state index contributed by atoms with van der Waals surface area (Å²) >= 11 is 0. The van der Waals surface area contributed by atoms with Crippen molar-refractivity contribution in [1.29, 1.82) is 0 Å². The number of rotatable bonds is 12. The average molecular weight is 476 g/mol. The van der Waals surface area contributed by atoms with E-state index in [1.165, 1.54) is 12.8 Å². The molecule has 1 aliphatic rings. The molecule has 0 aromatic carbocycles. The molecule has 0 amide bonds. The minimum Gasteiger partial charge on any atom is -0.477 e. The van der Waals surface area contributed by atoms with Gasteiger partial charge in [0.1, 0.15) is 0 Å². The van der Waals surface area contributed by atoms with Crippen LogP contribution in [0.4, 0.5) is 0 Å². The summed E-state index contributed by atoms with van der Waals surface area (Å²) in [6.07, 6.45) is 6.38. The van der Waals surface area contributed by atoms with Crippen LogP contribution in [-0.2, 0) is 11.3 Å². The molecule has 0 bridgehead atoms. The van der Waals surface area contributed by atoms with E-state index in [1.807, 2.05) is 12.1 Å². The van der Waals surface area contributed by atoms with Crippen LogP contribution in [0.3, 0.4) is 0 Å². The number of guanidine groups is 1. The van der Waals surface area contributed by atoms with E-state index in [4.69, 9.17) is 9.47 Å². The highest BCUT2D eigenvalue weighted by atomic mass is 127. The number of nitrogens with zero attached hydrogens (tertiary/aromatic N) is 2. The van der Waals surface area contributed by atoms with Crippen molar-refractivity contribution in [3.8, 4) is 5.88 Å². The molecule has 6 nitrogen and oxygen atoms in total. The Labute approximate surface area is 174 Å². The number of halogens is 1. The molecule has 7 heteroatoms. The van der Waals surface area contributed by atoms with Gasteiger partial charge in [-0.25, -0.2) is 9.98 Å². The molecule has 1 heterocycles. The third kappa shape index (κ3) is 9.56. The molecular formula is C19H33IN4O2. The fraction of sp³-hybridized carbons (Fsp3) is 0.684. The summed E-state index contributed by atoms with van der Waals surface area (Å²) in [5.41, 5.74) is 1.00. The molecule has 1 saturated carbocycles. The molecule has 1 aliphatic carbocycles. The van der Waals surface area contributed by atoms with Gasteiger partial charge in [-0.2, -0.15) is 0 Å². The summed E-state index contributed by atoms with van der Waals surface area (Å²) < 4.78 is 11.3. The minimum atomic E-state index is 0. The highest BCUT2D eigenvalue weighted by molar-refractivity contribution is 14.0. The molecule has 2 rings (SSSR count). The Kier molecular flexibility index (Phi) is 12.4. The summed E-state index contributed by atoms with van der Waals surface area (Å²) in [5, 5.41) is 6.63. The fourth-order valence-corrected chi connectivity index (χ4v) is 2.29. The van der Waals surface area contributed by atoms with Gasteiger partial charge in [0.15, 0.2) is 5.96 Å². The highest BCUT2D eigenvalue weighted by Crippen LogP contribution is 2.28. The van der Waals surface area contributed by atoms with E-state index in [-0.39, 0.29) is 24.0 Å². The van der Waals surface area contributed by atoms with Gasteiger partial charge in [0, 0.05) is 38.1 Å². The normalized spacial score (nSPS) is 13.8. The third-order valence-electron chi connectivity index (χ3n) is 3.85. The Morgan fingerprint density at radius 3 is 2.85 bits per heavy atom. The van der Waals surface area contributed by atoms with E-state index in [9.17, 15) is 0 Å². The summed E-state index contributed by atoms with van der Waals surface area (Å²) in [4.78, 5) is 8.95. The first-order valence-electron chi connectivity index (χ1n) is 9.50. The lowest BCUT2D eigenvalue weighted by molar-refractivity contribution is 0.123. The molecule has 26 heavy (non-hydrogen) atoms. The van der Waals surface area contributed by atoms with Crippen molar-refractivity contribution in [2.75, 3.05) is 32.9 Å². The predicted octanol–water partition coefficient (Wildman–Crippen LogP) is 3.36. The zero-order valence-electron chi connectivity index (χ0n) is 16.0. The molecule has 0 unspecified atom stereocenters. The van der Waals surface area contributed by atoms with Crippen LogP contribution in [0.25, 0.3) is 0 Å². The van der Waals surface area contributed by atoms with E-state index in [0.29, 0.717) is 19.0 Å². The third-order valence-corrected chi connectivity index (χ3v) is 3.85. The van der Waals surface area contributed by atoms with Crippen LogP contribution in [-0.4, -0.2) is 43.9 Å². The van der Waals surface area contributed by atoms with E-state index in [1.54, 1.807) is 6.20 Å². The van der Waals surface area contributed by atoms with Crippen molar-refractivity contribution >= 4 is 29.9 Å². The SMILES string of the molecule is CCCOc1ncccc1CN=C(NCC)NCCCOCC1CC1.I. The van der Waals surface area contributed by atoms with E-state index in [0.717, 1.165) is 56.6 Å². The van der Waals surface area contributed by atoms with E-state index >= 15 is 0 Å². The molecule has 1 aromatic rings. The zero-order valence-corrected chi connectivity index (χ0v) is 18.3. The predicted molar refractivity (Wildman–Crippen MR) is 116 cm³/mol. The van der Waals surface area contributed by atoms with Crippen molar-refractivity contribution in [1.82, 2.24) is 15.6 Å². The summed E-state index contributed by atoms with van der Waals surface area (Å²) in [6, 6.07) is 3.93. The number of hydrogen-bond acceptors (Lipinski definition) is 4. The van der Waals surface area contributed by atoms with Gasteiger partial charge in [0.05, 0.1) is 13.2 Å². The lowest BCUT2D eigenvalue weighted by Gasteiger charge is -2.12. The Hall–Kier alpha value is -1.09. The van der Waals surface area contributed by atoms with Crippen molar-refractivity contribution < 1.29 is 9.47 Å². The van der Waals surface area contributed by atoms with Crippen LogP contribution in [0, 0.1) is 5.92 Å². The fourth-order valence-electron chi connectivity index (χ4n) is 2.29. The molecule has 0 saturated heterocycles. The van der Waals surface area contributed by atoms with Crippen LogP contribution in [0.15, 0.2) is 23.3 Å². The van der Waals surface area contributed by atoms with Gasteiger partial charge >= 0.3 is 0 Å². The molecule has 1 fully saturated rings. The first-order valence-corrected chi connectivity index (χ1v) is 9.50. The van der Waals surface area contributed by atoms with Gasteiger partial charge in [-0.15, -0.1) is 24.0 Å². The molecule has 0 spiro atoms. The van der Waals surface area contributed by atoms with Crippen LogP contribution < -0.4 is 15.4 Å². The van der Waals surface area contributed by atoms with Crippen molar-refractivity contribution in [3.63, 3.8) is 0 Å². The topological polar surface area (TPSA) is 67.8 Å². The lowest BCUT2D eigenvalue weighted by Crippen LogP contribution is -2.38. The largest absolute Gasteiger partial charge is 0.477 e. The van der Waals surface area contributed by atoms with Crippen LogP contribution in [0.1, 0.15) is 45.1 Å². The summed E-state index contributed by atoms with van der Waals surface area (Å²) in [7, 11) is 0. The van der Waals surface area contributed by atoms with Gasteiger partial charge in [0.2, 0.25) is 5.88 Å². The maximum absolute atomic E-state index is 5.69. The molecule has 2 N–H and O–H groups in total. The van der Waals surface area contributed by atoms with E-state index < -0.39 is 0 Å². The first kappa shape index (κ1) is 23.0. The van der Waals surface area contributed by atoms with Gasteiger partial charge in [-0.05, 0) is 44.6 Å². The first-order chi connectivity index (χ1) is 12.3. The smallest absolute Gasteiger partial charge is 0.218 e. The number of nitrogens with one attached hydrogen (secondary N) is 2. The second kappa shape index (κ2) is 14.0. The Bertz CT molecular complexity index is 524. The number of hydrogen-bond donors (Lipinski definition) is 2. The Morgan fingerprint density at radius 1 is 1.27 bits per heavy atom. The van der Waals surface area contributed by atoms with Crippen LogP contribution >= 0.6 is 24.0 Å². The molecule has 148 valence electrons. The quantitative estimate of drug-likeness (QED) is 0.210. The van der Waals surface area contributed by atoms with Gasteiger partial charge in [-0.1, -0.05) is 13.0 Å². The standard InChI is InChI=1S/C19H32N4O2.HI/c1-3-12-25-18-17(7-5-10-21-18)14-23-19(20-4-2)22-11-6-13-24-15-16-8-9-16;/h5,7,10,16H,3-4,6,8-9,11-15H2,1-2H3,(H2,20,22,23);1H. The summed E-state index contributed by atoms with van der Waals surface area (Å²) in [5.74, 6) is 2.32. The maximum atomic E-state index is 5.69. The van der Waals surface area contributed by atoms with Gasteiger partial charge in [0.25, 0.3) is 0 Å². The second-order valence-electron chi connectivity index (χ2n) is 6.31. The van der Waals surface area contributed by atoms with Crippen LogP contribution in [0.5, 0.6) is 5.88 Å². The minimum absolute atomic E-state index is 0. The Morgan fingerprint density at radius 2 is 2.12 bits per heavy atom. The maximum Gasteiger partial charge on any atom is 0.218 e. The molecule has 0 aliphatic heterocycles. The molecule has 0 atom stereocenters. The lowest BCUT2D eigenvalue weighted by atomic mass is 10.3.